The van der Waals surface area contributed by atoms with E-state index in [9.17, 15) is 19.7 Å². The number of nitro groups is 1. The molecule has 1 aromatic rings. The van der Waals surface area contributed by atoms with E-state index in [0.29, 0.717) is 13.2 Å². The van der Waals surface area contributed by atoms with Crippen molar-refractivity contribution in [3.05, 3.63) is 27.8 Å². The Bertz CT molecular complexity index is 631. The van der Waals surface area contributed by atoms with Crippen molar-refractivity contribution >= 4 is 17.5 Å². The highest BCUT2D eigenvalue weighted by atomic mass is 16.6. The van der Waals surface area contributed by atoms with Crippen molar-refractivity contribution in [2.75, 3.05) is 26.3 Å². The lowest BCUT2D eigenvalue weighted by Gasteiger charge is -2.18. The third-order valence-electron chi connectivity index (χ3n) is 3.08. The van der Waals surface area contributed by atoms with Crippen LogP contribution in [0.4, 0.5) is 5.69 Å². The Morgan fingerprint density at radius 2 is 1.87 bits per heavy atom. The number of carbonyl (C=O) groups is 2. The van der Waals surface area contributed by atoms with Gasteiger partial charge in [-0.15, -0.1) is 0 Å². The van der Waals surface area contributed by atoms with Gasteiger partial charge in [-0.3, -0.25) is 19.7 Å². The fourth-order valence-electron chi connectivity index (χ4n) is 1.99. The Hall–Kier alpha value is -2.84. The zero-order valence-electron chi connectivity index (χ0n) is 12.6. The minimum Gasteiger partial charge on any atom is -0.486 e. The van der Waals surface area contributed by atoms with Crippen molar-refractivity contribution in [1.29, 1.82) is 0 Å². The SMILES string of the molecule is CCCNC(=O)CNC(=O)c1cc2c(cc1[N+](=O)[O-])OCCO2. The zero-order chi connectivity index (χ0) is 16.8. The van der Waals surface area contributed by atoms with E-state index in [2.05, 4.69) is 10.6 Å². The maximum Gasteiger partial charge on any atom is 0.286 e. The lowest BCUT2D eigenvalue weighted by Crippen LogP contribution is -2.37. The van der Waals surface area contributed by atoms with Crippen LogP contribution in [-0.2, 0) is 4.79 Å². The van der Waals surface area contributed by atoms with Gasteiger partial charge in [-0.1, -0.05) is 6.92 Å². The summed E-state index contributed by atoms with van der Waals surface area (Å²) in [6, 6.07) is 2.41. The lowest BCUT2D eigenvalue weighted by molar-refractivity contribution is -0.385. The van der Waals surface area contributed by atoms with E-state index in [1.807, 2.05) is 6.92 Å². The summed E-state index contributed by atoms with van der Waals surface area (Å²) in [4.78, 5) is 34.1. The standard InChI is InChI=1S/C14H17N3O6/c1-2-3-15-13(18)8-16-14(19)9-6-11-12(23-5-4-22-11)7-10(9)17(20)21/h6-7H,2-5,8H2,1H3,(H,15,18)(H,16,19). The number of nitrogens with zero attached hydrogens (tertiary/aromatic N) is 1. The summed E-state index contributed by atoms with van der Waals surface area (Å²) in [5, 5.41) is 16.1. The molecule has 0 unspecified atom stereocenters. The van der Waals surface area contributed by atoms with Crippen LogP contribution in [0.5, 0.6) is 11.5 Å². The third kappa shape index (κ3) is 4.09. The van der Waals surface area contributed by atoms with Crippen LogP contribution < -0.4 is 20.1 Å². The third-order valence-corrected chi connectivity index (χ3v) is 3.08. The molecular formula is C14H17N3O6. The van der Waals surface area contributed by atoms with Gasteiger partial charge in [-0.2, -0.15) is 0 Å². The Morgan fingerprint density at radius 1 is 1.22 bits per heavy atom. The first-order valence-corrected chi connectivity index (χ1v) is 7.16. The molecule has 0 radical (unpaired) electrons. The molecule has 0 atom stereocenters. The second-order valence-corrected chi connectivity index (χ2v) is 4.80. The number of carbonyl (C=O) groups excluding carboxylic acids is 2. The molecule has 0 spiro atoms. The summed E-state index contributed by atoms with van der Waals surface area (Å²) in [6.45, 7) is 2.72. The molecule has 1 aliphatic rings. The summed E-state index contributed by atoms with van der Waals surface area (Å²) in [5.74, 6) is -0.594. The number of hydrogen-bond donors (Lipinski definition) is 2. The monoisotopic (exact) mass is 323 g/mol. The van der Waals surface area contributed by atoms with Gasteiger partial charge >= 0.3 is 0 Å². The number of nitro benzene ring substituents is 1. The van der Waals surface area contributed by atoms with Gasteiger partial charge in [0.05, 0.1) is 17.5 Å². The molecule has 1 aromatic carbocycles. The van der Waals surface area contributed by atoms with Crippen molar-refractivity contribution in [3.8, 4) is 11.5 Å². The van der Waals surface area contributed by atoms with E-state index in [-0.39, 0.29) is 36.1 Å². The van der Waals surface area contributed by atoms with E-state index in [0.717, 1.165) is 12.5 Å². The number of benzene rings is 1. The fourth-order valence-corrected chi connectivity index (χ4v) is 1.99. The van der Waals surface area contributed by atoms with Crippen LogP contribution in [0.15, 0.2) is 12.1 Å². The summed E-state index contributed by atoms with van der Waals surface area (Å²) < 4.78 is 10.6. The molecule has 0 aromatic heterocycles. The Labute approximate surface area is 132 Å². The first-order valence-electron chi connectivity index (χ1n) is 7.16. The molecule has 2 rings (SSSR count). The molecule has 0 fully saturated rings. The first-order chi connectivity index (χ1) is 11.0. The second kappa shape index (κ2) is 7.43. The molecule has 2 N–H and O–H groups in total. The van der Waals surface area contributed by atoms with E-state index in [1.54, 1.807) is 0 Å². The van der Waals surface area contributed by atoms with Crippen molar-refractivity contribution in [3.63, 3.8) is 0 Å². The average molecular weight is 323 g/mol. The minimum absolute atomic E-state index is 0.178. The Morgan fingerprint density at radius 3 is 2.48 bits per heavy atom. The number of rotatable bonds is 6. The number of nitrogens with one attached hydrogen (secondary N) is 2. The minimum atomic E-state index is -0.722. The number of hydrogen-bond acceptors (Lipinski definition) is 6. The maximum absolute atomic E-state index is 12.1. The van der Waals surface area contributed by atoms with Gasteiger partial charge in [0.15, 0.2) is 11.5 Å². The van der Waals surface area contributed by atoms with E-state index in [1.165, 1.54) is 6.07 Å². The van der Waals surface area contributed by atoms with Crippen LogP contribution in [0.3, 0.4) is 0 Å². The van der Waals surface area contributed by atoms with E-state index < -0.39 is 16.5 Å². The van der Waals surface area contributed by atoms with Crippen LogP contribution in [-0.4, -0.2) is 43.0 Å². The van der Waals surface area contributed by atoms with Crippen LogP contribution in [0.2, 0.25) is 0 Å². The van der Waals surface area contributed by atoms with Crippen molar-refractivity contribution in [1.82, 2.24) is 10.6 Å². The highest BCUT2D eigenvalue weighted by molar-refractivity contribution is 6.00. The Kier molecular flexibility index (Phi) is 5.34. The molecule has 124 valence electrons. The maximum atomic E-state index is 12.1. The van der Waals surface area contributed by atoms with Gasteiger partial charge in [0, 0.05) is 12.6 Å². The molecule has 9 heteroatoms. The molecule has 1 aliphatic heterocycles. The van der Waals surface area contributed by atoms with Crippen LogP contribution in [0, 0.1) is 10.1 Å². The molecule has 1 heterocycles. The summed E-state index contributed by atoms with van der Waals surface area (Å²) in [5.41, 5.74) is -0.580. The Balaban J connectivity index is 2.15. The van der Waals surface area contributed by atoms with Crippen molar-refractivity contribution in [2.24, 2.45) is 0 Å². The number of amides is 2. The normalized spacial score (nSPS) is 12.4. The van der Waals surface area contributed by atoms with Crippen LogP contribution >= 0.6 is 0 Å². The van der Waals surface area contributed by atoms with Gasteiger partial charge in [-0.05, 0) is 6.42 Å². The lowest BCUT2D eigenvalue weighted by atomic mass is 10.1. The number of fused-ring (bicyclic) bond motifs is 1. The molecular weight excluding hydrogens is 306 g/mol. The second-order valence-electron chi connectivity index (χ2n) is 4.80. The number of ether oxygens (including phenoxy) is 2. The predicted octanol–water partition coefficient (Wildman–Crippen LogP) is 0.622. The topological polar surface area (TPSA) is 120 Å². The largest absolute Gasteiger partial charge is 0.486 e. The van der Waals surface area contributed by atoms with Gasteiger partial charge in [0.2, 0.25) is 5.91 Å². The quantitative estimate of drug-likeness (QED) is 0.585. The zero-order valence-corrected chi connectivity index (χ0v) is 12.6. The van der Waals surface area contributed by atoms with Gasteiger partial charge in [0.1, 0.15) is 18.8 Å². The van der Waals surface area contributed by atoms with E-state index in [4.69, 9.17) is 9.47 Å². The highest BCUT2D eigenvalue weighted by Crippen LogP contribution is 2.36. The fraction of sp³-hybridized carbons (Fsp3) is 0.429. The summed E-state index contributed by atoms with van der Waals surface area (Å²) in [7, 11) is 0. The van der Waals surface area contributed by atoms with Crippen LogP contribution in [0.25, 0.3) is 0 Å². The van der Waals surface area contributed by atoms with Crippen molar-refractivity contribution in [2.45, 2.75) is 13.3 Å². The average Bonchev–Trinajstić information content (AvgIpc) is 2.56. The van der Waals surface area contributed by atoms with Gasteiger partial charge in [-0.25, -0.2) is 0 Å². The molecule has 23 heavy (non-hydrogen) atoms. The summed E-state index contributed by atoms with van der Waals surface area (Å²) in [6.07, 6.45) is 0.771. The van der Waals surface area contributed by atoms with E-state index >= 15 is 0 Å². The van der Waals surface area contributed by atoms with Crippen LogP contribution in [0.1, 0.15) is 23.7 Å². The molecule has 0 saturated carbocycles. The molecule has 9 nitrogen and oxygen atoms in total. The predicted molar refractivity (Wildman–Crippen MR) is 79.7 cm³/mol. The van der Waals surface area contributed by atoms with Gasteiger partial charge in [0.25, 0.3) is 11.6 Å². The smallest absolute Gasteiger partial charge is 0.286 e. The van der Waals surface area contributed by atoms with Gasteiger partial charge < -0.3 is 20.1 Å². The molecule has 0 aliphatic carbocycles. The highest BCUT2D eigenvalue weighted by Gasteiger charge is 2.26. The van der Waals surface area contributed by atoms with Crippen molar-refractivity contribution < 1.29 is 24.0 Å². The summed E-state index contributed by atoms with van der Waals surface area (Å²) >= 11 is 0. The molecule has 0 bridgehead atoms. The molecule has 2 amide bonds. The first kappa shape index (κ1) is 16.5. The molecule has 0 saturated heterocycles.